The molecule has 0 amide bonds. The molecule has 23 heavy (non-hydrogen) atoms. The summed E-state index contributed by atoms with van der Waals surface area (Å²) in [5, 5.41) is 0. The van der Waals surface area contributed by atoms with Crippen molar-refractivity contribution < 1.29 is 23.8 Å². The molecule has 0 aliphatic rings. The number of hydrogen-bond acceptors (Lipinski definition) is 5. The molecule has 0 bridgehead atoms. The maximum atomic E-state index is 11.8. The Kier molecular flexibility index (Phi) is 9.52. The molecule has 0 aliphatic heterocycles. The molecule has 5 nitrogen and oxygen atoms in total. The molecular weight excluding hydrogens is 296 g/mol. The summed E-state index contributed by atoms with van der Waals surface area (Å²) in [4.78, 5) is 23.6. The Morgan fingerprint density at radius 2 is 1.52 bits per heavy atom. The quantitative estimate of drug-likeness (QED) is 0.355. The van der Waals surface area contributed by atoms with Crippen molar-refractivity contribution in [3.63, 3.8) is 0 Å². The van der Waals surface area contributed by atoms with E-state index in [1.54, 1.807) is 13.8 Å². The van der Waals surface area contributed by atoms with Crippen LogP contribution in [-0.2, 0) is 19.1 Å². The summed E-state index contributed by atoms with van der Waals surface area (Å²) in [6.07, 6.45) is 2.94. The van der Waals surface area contributed by atoms with Crippen molar-refractivity contribution in [1.29, 1.82) is 0 Å². The van der Waals surface area contributed by atoms with Crippen LogP contribution in [0.2, 0.25) is 0 Å². The third kappa shape index (κ3) is 7.68. The number of ether oxygens (including phenoxy) is 3. The van der Waals surface area contributed by atoms with Gasteiger partial charge in [0.25, 0.3) is 0 Å². The van der Waals surface area contributed by atoms with Gasteiger partial charge in [0.2, 0.25) is 0 Å². The number of esters is 2. The van der Waals surface area contributed by atoms with E-state index in [1.165, 1.54) is 0 Å². The Bertz CT molecular complexity index is 440. The van der Waals surface area contributed by atoms with Crippen LogP contribution in [0.5, 0.6) is 5.75 Å². The maximum Gasteiger partial charge on any atom is 0.320 e. The van der Waals surface area contributed by atoms with Crippen molar-refractivity contribution in [2.45, 2.75) is 39.5 Å². The lowest BCUT2D eigenvalue weighted by Gasteiger charge is -2.14. The van der Waals surface area contributed by atoms with Crippen molar-refractivity contribution in [3.8, 4) is 5.75 Å². The zero-order valence-corrected chi connectivity index (χ0v) is 14.0. The molecule has 0 aromatic heterocycles. The van der Waals surface area contributed by atoms with E-state index < -0.39 is 17.9 Å². The van der Waals surface area contributed by atoms with Gasteiger partial charge in [-0.1, -0.05) is 31.0 Å². The van der Waals surface area contributed by atoms with Gasteiger partial charge in [-0.2, -0.15) is 0 Å². The molecule has 0 aliphatic carbocycles. The third-order valence-corrected chi connectivity index (χ3v) is 3.29. The first-order valence-corrected chi connectivity index (χ1v) is 8.20. The summed E-state index contributed by atoms with van der Waals surface area (Å²) in [6, 6.07) is 9.63. The van der Waals surface area contributed by atoms with Crippen LogP contribution < -0.4 is 4.74 Å². The summed E-state index contributed by atoms with van der Waals surface area (Å²) >= 11 is 0. The molecule has 1 aromatic rings. The molecule has 1 rings (SSSR count). The second-order valence-corrected chi connectivity index (χ2v) is 5.07. The van der Waals surface area contributed by atoms with Gasteiger partial charge in [-0.25, -0.2) is 0 Å². The standard InChI is InChI=1S/C18H26O5/c1-3-21-17(19)16(18(20)22-4-2)13-9-6-10-14-23-15-11-7-5-8-12-15/h5,7-8,11-12,16H,3-4,6,9-10,13-14H2,1-2H3. The zero-order chi connectivity index (χ0) is 16.9. The lowest BCUT2D eigenvalue weighted by atomic mass is 10.0. The smallest absolute Gasteiger partial charge is 0.320 e. The highest BCUT2D eigenvalue weighted by atomic mass is 16.6. The van der Waals surface area contributed by atoms with Crippen LogP contribution >= 0.6 is 0 Å². The predicted molar refractivity (Wildman–Crippen MR) is 87.2 cm³/mol. The molecule has 0 saturated carbocycles. The van der Waals surface area contributed by atoms with Crippen molar-refractivity contribution >= 4 is 11.9 Å². The number of carbonyl (C=O) groups excluding carboxylic acids is 2. The van der Waals surface area contributed by atoms with E-state index in [0.29, 0.717) is 13.0 Å². The molecule has 128 valence electrons. The Hall–Kier alpha value is -2.04. The maximum absolute atomic E-state index is 11.8. The van der Waals surface area contributed by atoms with Gasteiger partial charge in [0.15, 0.2) is 5.92 Å². The summed E-state index contributed by atoms with van der Waals surface area (Å²) in [5.74, 6) is -0.952. The van der Waals surface area contributed by atoms with Gasteiger partial charge >= 0.3 is 11.9 Å². The van der Waals surface area contributed by atoms with Crippen LogP contribution in [-0.4, -0.2) is 31.8 Å². The average Bonchev–Trinajstić information content (AvgIpc) is 2.55. The van der Waals surface area contributed by atoms with E-state index in [1.807, 2.05) is 30.3 Å². The molecule has 0 fully saturated rings. The topological polar surface area (TPSA) is 61.8 Å². The van der Waals surface area contributed by atoms with Crippen molar-refractivity contribution in [2.75, 3.05) is 19.8 Å². The van der Waals surface area contributed by atoms with Gasteiger partial charge in [-0.15, -0.1) is 0 Å². The molecule has 0 saturated heterocycles. The Balaban J connectivity index is 2.26. The van der Waals surface area contributed by atoms with Crippen LogP contribution in [0, 0.1) is 5.92 Å². The number of hydrogen-bond donors (Lipinski definition) is 0. The van der Waals surface area contributed by atoms with Crippen molar-refractivity contribution in [2.24, 2.45) is 5.92 Å². The van der Waals surface area contributed by atoms with Crippen LogP contribution in [0.3, 0.4) is 0 Å². The summed E-state index contributed by atoms with van der Waals surface area (Å²) < 4.78 is 15.5. The van der Waals surface area contributed by atoms with Gasteiger partial charge in [-0.3, -0.25) is 9.59 Å². The van der Waals surface area contributed by atoms with E-state index >= 15 is 0 Å². The fraction of sp³-hybridized carbons (Fsp3) is 0.556. The van der Waals surface area contributed by atoms with E-state index in [0.717, 1.165) is 25.0 Å². The number of benzene rings is 1. The van der Waals surface area contributed by atoms with E-state index in [-0.39, 0.29) is 13.2 Å². The van der Waals surface area contributed by atoms with Crippen molar-refractivity contribution in [3.05, 3.63) is 30.3 Å². The largest absolute Gasteiger partial charge is 0.494 e. The van der Waals surface area contributed by atoms with E-state index in [2.05, 4.69) is 0 Å². The SMILES string of the molecule is CCOC(=O)C(CCCCCOc1ccccc1)C(=O)OCC. The molecule has 0 spiro atoms. The first-order valence-electron chi connectivity index (χ1n) is 8.20. The molecule has 0 radical (unpaired) electrons. The van der Waals surface area contributed by atoms with Gasteiger partial charge in [0.05, 0.1) is 19.8 Å². The lowest BCUT2D eigenvalue weighted by molar-refractivity contribution is -0.161. The Morgan fingerprint density at radius 1 is 0.913 bits per heavy atom. The van der Waals surface area contributed by atoms with Crippen LogP contribution in [0.25, 0.3) is 0 Å². The third-order valence-electron chi connectivity index (χ3n) is 3.29. The molecule has 0 atom stereocenters. The van der Waals surface area contributed by atoms with E-state index in [9.17, 15) is 9.59 Å². The number of para-hydroxylation sites is 1. The Labute approximate surface area is 137 Å². The molecular formula is C18H26O5. The van der Waals surface area contributed by atoms with Gasteiger partial charge < -0.3 is 14.2 Å². The minimum Gasteiger partial charge on any atom is -0.494 e. The summed E-state index contributed by atoms with van der Waals surface area (Å²) in [6.45, 7) is 4.59. The first kappa shape index (κ1) is 19.0. The molecule has 0 heterocycles. The minimum absolute atomic E-state index is 0.264. The lowest BCUT2D eigenvalue weighted by Crippen LogP contribution is -2.28. The fourth-order valence-electron chi connectivity index (χ4n) is 2.15. The van der Waals surface area contributed by atoms with Crippen LogP contribution in [0.15, 0.2) is 30.3 Å². The summed E-state index contributed by atoms with van der Waals surface area (Å²) in [7, 11) is 0. The van der Waals surface area contributed by atoms with Gasteiger partial charge in [0, 0.05) is 0 Å². The number of rotatable bonds is 11. The summed E-state index contributed by atoms with van der Waals surface area (Å²) in [5.41, 5.74) is 0. The van der Waals surface area contributed by atoms with Crippen LogP contribution in [0.1, 0.15) is 39.5 Å². The normalized spacial score (nSPS) is 10.4. The second-order valence-electron chi connectivity index (χ2n) is 5.07. The fourth-order valence-corrected chi connectivity index (χ4v) is 2.15. The predicted octanol–water partition coefficient (Wildman–Crippen LogP) is 3.37. The first-order chi connectivity index (χ1) is 11.2. The minimum atomic E-state index is -0.815. The Morgan fingerprint density at radius 3 is 2.09 bits per heavy atom. The second kappa shape index (κ2) is 11.5. The van der Waals surface area contributed by atoms with Gasteiger partial charge in [-0.05, 0) is 38.8 Å². The number of carbonyl (C=O) groups is 2. The molecule has 1 aromatic carbocycles. The monoisotopic (exact) mass is 322 g/mol. The molecule has 5 heteroatoms. The highest BCUT2D eigenvalue weighted by Gasteiger charge is 2.28. The molecule has 0 unspecified atom stereocenters. The molecule has 0 N–H and O–H groups in total. The highest BCUT2D eigenvalue weighted by molar-refractivity contribution is 5.94. The van der Waals surface area contributed by atoms with Gasteiger partial charge in [0.1, 0.15) is 5.75 Å². The number of unbranched alkanes of at least 4 members (excludes halogenated alkanes) is 2. The van der Waals surface area contributed by atoms with E-state index in [4.69, 9.17) is 14.2 Å². The highest BCUT2D eigenvalue weighted by Crippen LogP contribution is 2.15. The van der Waals surface area contributed by atoms with Crippen LogP contribution in [0.4, 0.5) is 0 Å². The zero-order valence-electron chi connectivity index (χ0n) is 14.0. The van der Waals surface area contributed by atoms with Crippen molar-refractivity contribution in [1.82, 2.24) is 0 Å². The average molecular weight is 322 g/mol.